The number of ketones is 4. The van der Waals surface area contributed by atoms with Crippen LogP contribution >= 0.6 is 0 Å². The van der Waals surface area contributed by atoms with Crippen LogP contribution < -0.4 is 16.0 Å². The number of rotatable bonds is 38. The highest BCUT2D eigenvalue weighted by molar-refractivity contribution is 5.97. The summed E-state index contributed by atoms with van der Waals surface area (Å²) >= 11 is 0. The zero-order valence-corrected chi connectivity index (χ0v) is 46.3. The molecule has 0 spiro atoms. The summed E-state index contributed by atoms with van der Waals surface area (Å²) in [4.78, 5) is 87.4. The lowest BCUT2D eigenvalue weighted by Gasteiger charge is -2.20. The molecule has 3 N–H and O–H groups in total. The smallest absolute Gasteiger partial charge is 0.417 e. The van der Waals surface area contributed by atoms with E-state index in [0.717, 1.165) is 82.2 Å². The molecule has 2 atom stereocenters. The van der Waals surface area contributed by atoms with Crippen molar-refractivity contribution in [2.24, 2.45) is 5.92 Å². The molecule has 0 radical (unpaired) electrons. The molecule has 0 aliphatic heterocycles. The van der Waals surface area contributed by atoms with Gasteiger partial charge in [-0.3, -0.25) is 24.0 Å². The number of hydrogen-bond donors (Lipinski definition) is 3. The maximum atomic E-state index is 13.4. The van der Waals surface area contributed by atoms with Gasteiger partial charge in [-0.25, -0.2) is 9.59 Å². The maximum absolute atomic E-state index is 13.4. The van der Waals surface area contributed by atoms with E-state index in [-0.39, 0.29) is 42.0 Å². The van der Waals surface area contributed by atoms with Gasteiger partial charge in [0.2, 0.25) is 5.91 Å². The molecule has 0 saturated carbocycles. The SMILES string of the molecule is CNCCCCCCCCCCC(=O)CCC(=O)COC(=O)c1c(C)cccc1C(F)(F)F.CNCCCCCCCCCCC(=O)C[C@@H](Cc1ccccc1)C(=O)N[C@@H](C)C(=O)COC(=O)c1c(C)cccc1C(F)(F)F. The third-order valence-electron chi connectivity index (χ3n) is 13.2. The Kier molecular flexibility index (Phi) is 33.3. The predicted octanol–water partition coefficient (Wildman–Crippen LogP) is 12.6. The lowest BCUT2D eigenvalue weighted by atomic mass is 9.91. The van der Waals surface area contributed by atoms with Gasteiger partial charge in [0.05, 0.1) is 28.3 Å². The first-order valence-electron chi connectivity index (χ1n) is 27.5. The minimum atomic E-state index is -4.78. The Balaban J connectivity index is 0.000000560. The molecule has 0 saturated heterocycles. The molecular formula is C60H83F6N3O9. The van der Waals surface area contributed by atoms with Crippen LogP contribution in [0.4, 0.5) is 26.3 Å². The number of nitrogens with one attached hydrogen (secondary N) is 3. The lowest BCUT2D eigenvalue weighted by Crippen LogP contribution is -2.44. The van der Waals surface area contributed by atoms with Crippen LogP contribution in [0.2, 0.25) is 0 Å². The average Bonchev–Trinajstić information content (AvgIpc) is 3.45. The fraction of sp³-hybridized carbons (Fsp3) is 0.583. The second-order valence-corrected chi connectivity index (χ2v) is 19.9. The van der Waals surface area contributed by atoms with E-state index in [1.807, 2.05) is 44.4 Å². The maximum Gasteiger partial charge on any atom is 0.417 e. The molecule has 0 aliphatic rings. The average molecular weight is 1100 g/mol. The van der Waals surface area contributed by atoms with E-state index in [1.165, 1.54) is 96.4 Å². The van der Waals surface area contributed by atoms with E-state index in [0.29, 0.717) is 19.3 Å². The molecule has 434 valence electrons. The Labute approximate surface area is 457 Å². The van der Waals surface area contributed by atoms with Crippen molar-refractivity contribution in [3.63, 3.8) is 0 Å². The number of alkyl halides is 6. The summed E-state index contributed by atoms with van der Waals surface area (Å²) in [7, 11) is 3.91. The van der Waals surface area contributed by atoms with E-state index in [9.17, 15) is 59.9 Å². The predicted molar refractivity (Wildman–Crippen MR) is 289 cm³/mol. The summed E-state index contributed by atoms with van der Waals surface area (Å²) in [6.45, 7) is 4.76. The summed E-state index contributed by atoms with van der Waals surface area (Å²) in [5.74, 6) is -4.90. The minimum absolute atomic E-state index is 0.0234. The molecule has 0 aliphatic carbocycles. The van der Waals surface area contributed by atoms with Crippen molar-refractivity contribution < 1.29 is 69.4 Å². The number of ether oxygens (including phenoxy) is 2. The number of unbranched alkanes of at least 4 members (excludes halogenated alkanes) is 14. The molecule has 12 nitrogen and oxygen atoms in total. The molecule has 0 heterocycles. The topological polar surface area (TPSA) is 174 Å². The minimum Gasteiger partial charge on any atom is -0.454 e. The molecule has 3 rings (SSSR count). The third kappa shape index (κ3) is 28.2. The van der Waals surface area contributed by atoms with Crippen molar-refractivity contribution in [2.75, 3.05) is 40.4 Å². The van der Waals surface area contributed by atoms with Gasteiger partial charge in [-0.05, 0) is 109 Å². The first kappa shape index (κ1) is 68.4. The van der Waals surface area contributed by atoms with Crippen LogP contribution in [0.3, 0.4) is 0 Å². The summed E-state index contributed by atoms with van der Waals surface area (Å²) in [5.41, 5.74) is -2.44. The van der Waals surface area contributed by atoms with Crippen molar-refractivity contribution in [3.8, 4) is 0 Å². The largest absolute Gasteiger partial charge is 0.454 e. The highest BCUT2D eigenvalue weighted by atomic mass is 19.4. The van der Waals surface area contributed by atoms with E-state index < -0.39 is 89.2 Å². The normalized spacial score (nSPS) is 12.2. The number of amides is 1. The second kappa shape index (κ2) is 38.0. The number of Topliss-reactive ketones (excluding diaryl/α,β-unsaturated/α-hetero) is 4. The van der Waals surface area contributed by atoms with Crippen molar-refractivity contribution in [3.05, 3.63) is 106 Å². The molecule has 0 fully saturated rings. The third-order valence-corrected chi connectivity index (χ3v) is 13.2. The van der Waals surface area contributed by atoms with Crippen molar-refractivity contribution in [2.45, 2.75) is 180 Å². The summed E-state index contributed by atoms with van der Waals surface area (Å²) < 4.78 is 89.4. The molecule has 78 heavy (non-hydrogen) atoms. The molecule has 1 amide bonds. The van der Waals surface area contributed by atoms with Crippen LogP contribution in [0.1, 0.15) is 190 Å². The Morgan fingerprint density at radius 2 is 0.897 bits per heavy atom. The number of esters is 2. The number of benzene rings is 3. The van der Waals surface area contributed by atoms with Crippen molar-refractivity contribution >= 4 is 41.0 Å². The molecule has 0 unspecified atom stereocenters. The number of hydrogen-bond acceptors (Lipinski definition) is 11. The molecular weight excluding hydrogens is 1020 g/mol. The molecule has 3 aromatic carbocycles. The quantitative estimate of drug-likeness (QED) is 0.0283. The molecule has 3 aromatic rings. The van der Waals surface area contributed by atoms with Crippen LogP contribution in [-0.4, -0.2) is 87.4 Å². The number of carbonyl (C=O) groups excluding carboxylic acids is 7. The number of aryl methyl sites for hydroxylation is 2. The highest BCUT2D eigenvalue weighted by Gasteiger charge is 2.38. The van der Waals surface area contributed by atoms with Gasteiger partial charge in [-0.2, -0.15) is 26.3 Å². The van der Waals surface area contributed by atoms with Crippen molar-refractivity contribution in [1.29, 1.82) is 0 Å². The van der Waals surface area contributed by atoms with Gasteiger partial charge >= 0.3 is 24.3 Å². The fourth-order valence-corrected chi connectivity index (χ4v) is 8.69. The van der Waals surface area contributed by atoms with Gasteiger partial charge < -0.3 is 25.4 Å². The van der Waals surface area contributed by atoms with E-state index in [4.69, 9.17) is 9.47 Å². The van der Waals surface area contributed by atoms with E-state index in [2.05, 4.69) is 16.0 Å². The summed E-state index contributed by atoms with van der Waals surface area (Å²) in [5, 5.41) is 8.89. The monoisotopic (exact) mass is 1100 g/mol. The second-order valence-electron chi connectivity index (χ2n) is 19.9. The van der Waals surface area contributed by atoms with Crippen molar-refractivity contribution in [1.82, 2.24) is 16.0 Å². The first-order valence-corrected chi connectivity index (χ1v) is 27.5. The number of carbonyl (C=O) groups is 7. The molecule has 18 heteroatoms. The van der Waals surface area contributed by atoms with E-state index >= 15 is 0 Å². The molecule has 0 bridgehead atoms. The van der Waals surface area contributed by atoms with Gasteiger partial charge in [0.25, 0.3) is 0 Å². The Hall–Kier alpha value is -5.75. The summed E-state index contributed by atoms with van der Waals surface area (Å²) in [6, 6.07) is 14.8. The Morgan fingerprint density at radius 3 is 1.35 bits per heavy atom. The summed E-state index contributed by atoms with van der Waals surface area (Å²) in [6.07, 6.45) is 9.21. The molecule has 0 aromatic heterocycles. The lowest BCUT2D eigenvalue weighted by molar-refractivity contribution is -0.139. The van der Waals surface area contributed by atoms with Gasteiger partial charge in [0.1, 0.15) is 18.2 Å². The van der Waals surface area contributed by atoms with Crippen LogP contribution in [0, 0.1) is 19.8 Å². The zero-order valence-electron chi connectivity index (χ0n) is 46.3. The van der Waals surface area contributed by atoms with Crippen LogP contribution in [0.25, 0.3) is 0 Å². The van der Waals surface area contributed by atoms with Crippen LogP contribution in [-0.2, 0) is 52.2 Å². The first-order chi connectivity index (χ1) is 37.1. The Morgan fingerprint density at radius 1 is 0.487 bits per heavy atom. The Bertz CT molecular complexity index is 2310. The van der Waals surface area contributed by atoms with E-state index in [1.54, 1.807) is 0 Å². The highest BCUT2D eigenvalue weighted by Crippen LogP contribution is 2.35. The van der Waals surface area contributed by atoms with Gasteiger partial charge in [-0.15, -0.1) is 0 Å². The van der Waals surface area contributed by atoms with Gasteiger partial charge in [-0.1, -0.05) is 132 Å². The standard InChI is InChI=1S/C35H47F3N2O5.C25H36F3NO4/c1-25-16-15-20-30(35(36,37)38)32(25)34(44)45-24-31(42)26(2)40-33(43)28(22-27-17-11-10-12-18-27)23-29(41)19-13-8-6-4-5-7-9-14-21-39-3;1-19-12-11-14-22(25(26,27)28)23(19)24(32)33-18-21(31)16-15-20(30)13-9-7-5-3-4-6-8-10-17-29-2/h10-12,15-18,20,26,28,39H,4-9,13-14,19,21-24H2,1-3H3,(H,40,43);11-12,14,29H,3-10,13,15-18H2,1-2H3/t26-,28+;/m0./s1. The van der Waals surface area contributed by atoms with Gasteiger partial charge in [0.15, 0.2) is 18.2 Å². The zero-order chi connectivity index (χ0) is 57.9. The van der Waals surface area contributed by atoms with Gasteiger partial charge in [0, 0.05) is 38.0 Å². The van der Waals surface area contributed by atoms with Crippen LogP contribution in [0.15, 0.2) is 66.7 Å². The fourth-order valence-electron chi connectivity index (χ4n) is 8.69. The van der Waals surface area contributed by atoms with Crippen LogP contribution in [0.5, 0.6) is 0 Å². The number of halogens is 6.